The Morgan fingerprint density at radius 1 is 0.864 bits per heavy atom. The van der Waals surface area contributed by atoms with E-state index in [1.165, 1.54) is 19.4 Å². The molecule has 12 heteroatoms. The molecule has 2 aromatic heterocycles. The van der Waals surface area contributed by atoms with E-state index >= 15 is 0 Å². The second kappa shape index (κ2) is 13.1. The van der Waals surface area contributed by atoms with Crippen molar-refractivity contribution >= 4 is 12.1 Å². The van der Waals surface area contributed by atoms with Crippen LogP contribution in [0.25, 0.3) is 11.3 Å². The lowest BCUT2D eigenvalue weighted by Gasteiger charge is -2.21. The molecule has 0 saturated carbocycles. The molecule has 0 aliphatic carbocycles. The van der Waals surface area contributed by atoms with Gasteiger partial charge < -0.3 is 23.7 Å². The van der Waals surface area contributed by atoms with Crippen LogP contribution >= 0.6 is 0 Å². The minimum absolute atomic E-state index is 0.0364. The van der Waals surface area contributed by atoms with E-state index in [2.05, 4.69) is 4.98 Å². The highest BCUT2D eigenvalue weighted by Crippen LogP contribution is 2.38. The molecule has 0 aliphatic rings. The standard InChI is InChI=1S/C32H31F3N2O7/c1-31(2,3)44-30(39)37-17-23(32(33,34)35)14-26(37)25-16-36-28(43-19-20-6-10-22(11-7-20)29(38)41-5)15-27(25)42-18-21-8-12-24(40-4)13-9-21/h6-17H,18-19H2,1-5H3. The third-order valence-corrected chi connectivity index (χ3v) is 6.17. The van der Waals surface area contributed by atoms with Crippen LogP contribution in [0.5, 0.6) is 17.4 Å². The van der Waals surface area contributed by atoms with Crippen LogP contribution in [-0.4, -0.2) is 41.4 Å². The SMILES string of the molecule is COC(=O)c1ccc(COc2cc(OCc3ccc(OC)cc3)c(-c3cc(C(F)(F)F)cn3C(=O)OC(C)(C)C)cn2)cc1. The molecule has 9 nitrogen and oxygen atoms in total. The fourth-order valence-electron chi connectivity index (χ4n) is 3.99. The third-order valence-electron chi connectivity index (χ3n) is 6.17. The highest BCUT2D eigenvalue weighted by atomic mass is 19.4. The van der Waals surface area contributed by atoms with Gasteiger partial charge in [-0.25, -0.2) is 14.6 Å². The number of alkyl halides is 3. The number of benzene rings is 2. The van der Waals surface area contributed by atoms with Crippen molar-refractivity contribution in [3.8, 4) is 28.6 Å². The van der Waals surface area contributed by atoms with E-state index in [4.69, 9.17) is 23.7 Å². The Morgan fingerprint density at radius 3 is 2.05 bits per heavy atom. The van der Waals surface area contributed by atoms with Gasteiger partial charge in [0.1, 0.15) is 30.3 Å². The predicted molar refractivity (Wildman–Crippen MR) is 154 cm³/mol. The van der Waals surface area contributed by atoms with Crippen molar-refractivity contribution in [2.24, 2.45) is 0 Å². The van der Waals surface area contributed by atoms with E-state index in [-0.39, 0.29) is 36.1 Å². The number of carbonyl (C=O) groups excluding carboxylic acids is 2. The maximum atomic E-state index is 13.8. The maximum Gasteiger partial charge on any atom is 0.419 e. The van der Waals surface area contributed by atoms with Crippen molar-refractivity contribution in [1.82, 2.24) is 9.55 Å². The molecule has 0 radical (unpaired) electrons. The molecular formula is C32H31F3N2O7. The number of aromatic nitrogens is 2. The Labute approximate surface area is 252 Å². The second-order valence-electron chi connectivity index (χ2n) is 10.6. The van der Waals surface area contributed by atoms with Crippen molar-refractivity contribution in [2.75, 3.05) is 14.2 Å². The van der Waals surface area contributed by atoms with Gasteiger partial charge in [0, 0.05) is 18.5 Å². The second-order valence-corrected chi connectivity index (χ2v) is 10.6. The van der Waals surface area contributed by atoms with Crippen LogP contribution in [-0.2, 0) is 28.9 Å². The first-order valence-corrected chi connectivity index (χ1v) is 13.4. The summed E-state index contributed by atoms with van der Waals surface area (Å²) in [5.74, 6) is 0.396. The van der Waals surface area contributed by atoms with Gasteiger partial charge >= 0.3 is 18.2 Å². The molecule has 232 valence electrons. The lowest BCUT2D eigenvalue weighted by Crippen LogP contribution is -2.27. The number of methoxy groups -OCH3 is 2. The lowest BCUT2D eigenvalue weighted by atomic mass is 10.1. The number of pyridine rings is 1. The van der Waals surface area contributed by atoms with Gasteiger partial charge in [0.2, 0.25) is 5.88 Å². The van der Waals surface area contributed by atoms with Crippen LogP contribution in [0.1, 0.15) is 47.8 Å². The molecule has 0 N–H and O–H groups in total. The van der Waals surface area contributed by atoms with Crippen molar-refractivity contribution in [2.45, 2.75) is 45.8 Å². The Morgan fingerprint density at radius 2 is 1.48 bits per heavy atom. The average Bonchev–Trinajstić information content (AvgIpc) is 3.45. The van der Waals surface area contributed by atoms with Crippen molar-refractivity contribution in [1.29, 1.82) is 0 Å². The Balaban J connectivity index is 1.70. The summed E-state index contributed by atoms with van der Waals surface area (Å²) in [7, 11) is 2.83. The minimum atomic E-state index is -4.73. The molecule has 2 aromatic carbocycles. The molecule has 0 aliphatic heterocycles. The van der Waals surface area contributed by atoms with Gasteiger partial charge in [0.25, 0.3) is 0 Å². The summed E-state index contributed by atoms with van der Waals surface area (Å²) in [6.45, 7) is 4.93. The van der Waals surface area contributed by atoms with Crippen LogP contribution in [0.2, 0.25) is 0 Å². The van der Waals surface area contributed by atoms with Gasteiger partial charge in [0.15, 0.2) is 0 Å². The fraction of sp³-hybridized carbons (Fsp3) is 0.281. The molecule has 4 rings (SSSR count). The Hall–Kier alpha value is -5.00. The molecule has 0 fully saturated rings. The number of ether oxygens (including phenoxy) is 5. The first-order valence-electron chi connectivity index (χ1n) is 13.4. The van der Waals surface area contributed by atoms with Crippen molar-refractivity contribution in [3.05, 3.63) is 95.3 Å². The number of rotatable bonds is 9. The van der Waals surface area contributed by atoms with Crippen LogP contribution in [0, 0.1) is 0 Å². The van der Waals surface area contributed by atoms with E-state index in [9.17, 15) is 22.8 Å². The zero-order chi connectivity index (χ0) is 32.1. The zero-order valence-electron chi connectivity index (χ0n) is 24.7. The van der Waals surface area contributed by atoms with Gasteiger partial charge in [-0.3, -0.25) is 4.57 Å². The number of hydrogen-bond donors (Lipinski definition) is 0. The first-order chi connectivity index (χ1) is 20.8. The Kier molecular flexibility index (Phi) is 9.51. The first kappa shape index (κ1) is 31.9. The van der Waals surface area contributed by atoms with E-state index in [1.807, 2.05) is 0 Å². The number of esters is 1. The molecule has 0 saturated heterocycles. The molecular weight excluding hydrogens is 581 g/mol. The molecule has 0 atom stereocenters. The number of halogens is 3. The topological polar surface area (TPSA) is 98.1 Å². The van der Waals surface area contributed by atoms with E-state index in [0.29, 0.717) is 17.5 Å². The predicted octanol–water partition coefficient (Wildman–Crippen LogP) is 7.31. The molecule has 44 heavy (non-hydrogen) atoms. The van der Waals surface area contributed by atoms with Gasteiger partial charge in [-0.05, 0) is 62.2 Å². The van der Waals surface area contributed by atoms with Crippen LogP contribution in [0.4, 0.5) is 18.0 Å². The van der Waals surface area contributed by atoms with Crippen LogP contribution in [0.15, 0.2) is 73.1 Å². The summed E-state index contributed by atoms with van der Waals surface area (Å²) in [6.07, 6.45) is -3.78. The molecule has 0 spiro atoms. The maximum absolute atomic E-state index is 13.8. The van der Waals surface area contributed by atoms with E-state index < -0.39 is 29.4 Å². The molecule has 0 bridgehead atoms. The highest BCUT2D eigenvalue weighted by Gasteiger charge is 2.35. The molecule has 0 amide bonds. The summed E-state index contributed by atoms with van der Waals surface area (Å²) >= 11 is 0. The highest BCUT2D eigenvalue weighted by molar-refractivity contribution is 5.89. The largest absolute Gasteiger partial charge is 0.497 e. The monoisotopic (exact) mass is 612 g/mol. The summed E-state index contributed by atoms with van der Waals surface area (Å²) in [6, 6.07) is 15.9. The molecule has 2 heterocycles. The summed E-state index contributed by atoms with van der Waals surface area (Å²) in [5.41, 5.74) is -0.189. The fourth-order valence-corrected chi connectivity index (χ4v) is 3.99. The van der Waals surface area contributed by atoms with Crippen molar-refractivity contribution < 1.29 is 46.4 Å². The van der Waals surface area contributed by atoms with E-state index in [0.717, 1.165) is 21.8 Å². The van der Waals surface area contributed by atoms with E-state index in [1.54, 1.807) is 76.4 Å². The summed E-state index contributed by atoms with van der Waals surface area (Å²) in [5, 5.41) is 0. The number of hydrogen-bond acceptors (Lipinski definition) is 8. The van der Waals surface area contributed by atoms with Gasteiger partial charge in [0.05, 0.1) is 36.6 Å². The molecule has 4 aromatic rings. The minimum Gasteiger partial charge on any atom is -0.497 e. The van der Waals surface area contributed by atoms with Gasteiger partial charge in [-0.15, -0.1) is 0 Å². The summed E-state index contributed by atoms with van der Waals surface area (Å²) in [4.78, 5) is 29.0. The Bertz CT molecular complexity index is 1610. The van der Waals surface area contributed by atoms with Crippen molar-refractivity contribution in [3.63, 3.8) is 0 Å². The quantitative estimate of drug-likeness (QED) is 0.182. The summed E-state index contributed by atoms with van der Waals surface area (Å²) < 4.78 is 69.3. The van der Waals surface area contributed by atoms with Crippen LogP contribution < -0.4 is 14.2 Å². The number of nitrogens with zero attached hydrogens (tertiary/aromatic N) is 2. The molecule has 0 unspecified atom stereocenters. The zero-order valence-corrected chi connectivity index (χ0v) is 24.7. The number of carbonyl (C=O) groups is 2. The average molecular weight is 613 g/mol. The van der Waals surface area contributed by atoms with Gasteiger partial charge in [-0.1, -0.05) is 24.3 Å². The normalized spacial score (nSPS) is 11.5. The van der Waals surface area contributed by atoms with Gasteiger partial charge in [-0.2, -0.15) is 13.2 Å². The van der Waals surface area contributed by atoms with Crippen LogP contribution in [0.3, 0.4) is 0 Å². The lowest BCUT2D eigenvalue weighted by molar-refractivity contribution is -0.137. The third kappa shape index (κ3) is 8.09. The smallest absolute Gasteiger partial charge is 0.419 e.